The van der Waals surface area contributed by atoms with E-state index >= 15 is 0 Å². The predicted octanol–water partition coefficient (Wildman–Crippen LogP) is 1.55. The van der Waals surface area contributed by atoms with Gasteiger partial charge in [0.2, 0.25) is 0 Å². The number of hydrogen-bond donors (Lipinski definition) is 2. The summed E-state index contributed by atoms with van der Waals surface area (Å²) in [5, 5.41) is 3.30. The predicted molar refractivity (Wildman–Crippen MR) is 54.9 cm³/mol. The first-order valence-electron chi connectivity index (χ1n) is 4.31. The van der Waals surface area contributed by atoms with Crippen molar-refractivity contribution in [1.82, 2.24) is 0 Å². The molecule has 0 saturated carbocycles. The van der Waals surface area contributed by atoms with Gasteiger partial charge in [-0.15, -0.1) is 0 Å². The molecule has 1 aromatic carbocycles. The zero-order valence-electron chi connectivity index (χ0n) is 7.83. The quantitative estimate of drug-likeness (QED) is 0.628. The zero-order chi connectivity index (χ0) is 9.47. The number of hydrogen-bond acceptors (Lipinski definition) is 3. The van der Waals surface area contributed by atoms with Crippen molar-refractivity contribution in [2.45, 2.75) is 19.5 Å². The van der Waals surface area contributed by atoms with Crippen LogP contribution in [0.5, 0.6) is 0 Å². The molecule has 3 heteroatoms. The molecule has 0 amide bonds. The van der Waals surface area contributed by atoms with Crippen molar-refractivity contribution in [3.05, 3.63) is 29.8 Å². The van der Waals surface area contributed by atoms with Crippen LogP contribution in [0, 0.1) is 0 Å². The largest absolute Gasteiger partial charge is 0.383 e. The number of nitrogens with one attached hydrogen (secondary N) is 1. The van der Waals surface area contributed by atoms with Gasteiger partial charge in [0.05, 0.1) is 0 Å². The van der Waals surface area contributed by atoms with Crippen LogP contribution in [0.2, 0.25) is 0 Å². The molecule has 0 spiro atoms. The first-order chi connectivity index (χ1) is 6.08. The van der Waals surface area contributed by atoms with Gasteiger partial charge in [0.1, 0.15) is 11.5 Å². The van der Waals surface area contributed by atoms with Crippen molar-refractivity contribution in [2.24, 2.45) is 10.7 Å². The normalized spacial score (nSPS) is 18.5. The van der Waals surface area contributed by atoms with Crippen LogP contribution in [0.1, 0.15) is 19.4 Å². The van der Waals surface area contributed by atoms with E-state index in [1.807, 2.05) is 38.1 Å². The fourth-order valence-electron chi connectivity index (χ4n) is 1.53. The highest BCUT2D eigenvalue weighted by molar-refractivity contribution is 6.04. The molecular weight excluding hydrogens is 162 g/mol. The summed E-state index contributed by atoms with van der Waals surface area (Å²) < 4.78 is 0. The standard InChI is InChI=1S/C10H13N3/c1-10(2)12-8-6-4-3-5-7(8)9(11)13-10/h3-6,12H,1-2H3,(H2,11,13). The molecule has 0 bridgehead atoms. The second-order valence-corrected chi connectivity index (χ2v) is 3.73. The molecule has 0 aromatic heterocycles. The van der Waals surface area contributed by atoms with Crippen LogP contribution in [-0.4, -0.2) is 11.5 Å². The van der Waals surface area contributed by atoms with E-state index in [2.05, 4.69) is 10.3 Å². The second-order valence-electron chi connectivity index (χ2n) is 3.73. The summed E-state index contributed by atoms with van der Waals surface area (Å²) in [5.41, 5.74) is 7.58. The third-order valence-corrected chi connectivity index (χ3v) is 2.04. The molecule has 1 heterocycles. The van der Waals surface area contributed by atoms with E-state index in [0.717, 1.165) is 11.3 Å². The number of nitrogens with zero attached hydrogens (tertiary/aromatic N) is 1. The second kappa shape index (κ2) is 2.49. The molecule has 3 nitrogen and oxygen atoms in total. The molecule has 0 unspecified atom stereocenters. The Labute approximate surface area is 77.7 Å². The molecule has 1 aromatic rings. The lowest BCUT2D eigenvalue weighted by molar-refractivity contribution is 0.595. The van der Waals surface area contributed by atoms with Gasteiger partial charge in [-0.25, -0.2) is 4.99 Å². The van der Waals surface area contributed by atoms with Crippen LogP contribution in [0.3, 0.4) is 0 Å². The molecule has 0 aliphatic carbocycles. The maximum Gasteiger partial charge on any atom is 0.130 e. The van der Waals surface area contributed by atoms with Crippen molar-refractivity contribution in [1.29, 1.82) is 0 Å². The van der Waals surface area contributed by atoms with E-state index in [-0.39, 0.29) is 5.66 Å². The third kappa shape index (κ3) is 1.37. The number of rotatable bonds is 0. The van der Waals surface area contributed by atoms with Crippen LogP contribution in [-0.2, 0) is 0 Å². The smallest absolute Gasteiger partial charge is 0.130 e. The molecule has 0 atom stereocenters. The lowest BCUT2D eigenvalue weighted by atomic mass is 10.1. The fourth-order valence-corrected chi connectivity index (χ4v) is 1.53. The molecule has 13 heavy (non-hydrogen) atoms. The van der Waals surface area contributed by atoms with Crippen LogP contribution in [0.15, 0.2) is 29.3 Å². The lowest BCUT2D eigenvalue weighted by Crippen LogP contribution is -2.37. The summed E-state index contributed by atoms with van der Waals surface area (Å²) >= 11 is 0. The number of anilines is 1. The monoisotopic (exact) mass is 175 g/mol. The summed E-state index contributed by atoms with van der Waals surface area (Å²) in [6, 6.07) is 7.93. The molecule has 1 aliphatic heterocycles. The highest BCUT2D eigenvalue weighted by Crippen LogP contribution is 2.25. The zero-order valence-corrected chi connectivity index (χ0v) is 7.83. The van der Waals surface area contributed by atoms with Gasteiger partial charge in [0.25, 0.3) is 0 Å². The van der Waals surface area contributed by atoms with Crippen LogP contribution >= 0.6 is 0 Å². The van der Waals surface area contributed by atoms with E-state index in [4.69, 9.17) is 5.73 Å². The fraction of sp³-hybridized carbons (Fsp3) is 0.300. The Bertz CT molecular complexity index is 366. The Balaban J connectivity index is 2.55. The van der Waals surface area contributed by atoms with Crippen molar-refractivity contribution in [3.8, 4) is 0 Å². The first-order valence-corrected chi connectivity index (χ1v) is 4.31. The minimum atomic E-state index is -0.293. The SMILES string of the molecule is CC1(C)N=C(N)c2ccccc2N1. The average Bonchev–Trinajstić information content (AvgIpc) is 2.02. The number of aliphatic imine (C=N–C) groups is 1. The van der Waals surface area contributed by atoms with Gasteiger partial charge >= 0.3 is 0 Å². The van der Waals surface area contributed by atoms with Gasteiger partial charge in [-0.3, -0.25) is 0 Å². The van der Waals surface area contributed by atoms with Crippen molar-refractivity contribution in [3.63, 3.8) is 0 Å². The minimum Gasteiger partial charge on any atom is -0.383 e. The molecule has 68 valence electrons. The highest BCUT2D eigenvalue weighted by atomic mass is 15.2. The Morgan fingerprint density at radius 2 is 2.00 bits per heavy atom. The lowest BCUT2D eigenvalue weighted by Gasteiger charge is -2.29. The van der Waals surface area contributed by atoms with Gasteiger partial charge in [-0.2, -0.15) is 0 Å². The van der Waals surface area contributed by atoms with Crippen molar-refractivity contribution in [2.75, 3.05) is 5.32 Å². The molecule has 3 N–H and O–H groups in total. The molecule has 1 aliphatic rings. The van der Waals surface area contributed by atoms with Gasteiger partial charge in [-0.1, -0.05) is 12.1 Å². The summed E-state index contributed by atoms with van der Waals surface area (Å²) in [4.78, 5) is 4.34. The molecular formula is C10H13N3. The summed E-state index contributed by atoms with van der Waals surface area (Å²) in [7, 11) is 0. The Morgan fingerprint density at radius 3 is 2.77 bits per heavy atom. The summed E-state index contributed by atoms with van der Waals surface area (Å²) in [6.45, 7) is 3.99. The van der Waals surface area contributed by atoms with Gasteiger partial charge in [-0.05, 0) is 26.0 Å². The first kappa shape index (κ1) is 8.10. The third-order valence-electron chi connectivity index (χ3n) is 2.04. The Kier molecular flexibility index (Phi) is 1.55. The minimum absolute atomic E-state index is 0.293. The number of nitrogens with two attached hydrogens (primary N) is 1. The molecule has 0 fully saturated rings. The van der Waals surface area contributed by atoms with Gasteiger partial charge in [0.15, 0.2) is 0 Å². The number of fused-ring (bicyclic) bond motifs is 1. The molecule has 0 radical (unpaired) electrons. The van der Waals surface area contributed by atoms with Crippen LogP contribution in [0.4, 0.5) is 5.69 Å². The van der Waals surface area contributed by atoms with E-state index in [9.17, 15) is 0 Å². The van der Waals surface area contributed by atoms with Gasteiger partial charge in [0, 0.05) is 11.3 Å². The maximum atomic E-state index is 5.83. The van der Waals surface area contributed by atoms with Gasteiger partial charge < -0.3 is 11.1 Å². The average molecular weight is 175 g/mol. The van der Waals surface area contributed by atoms with Crippen molar-refractivity contribution < 1.29 is 0 Å². The summed E-state index contributed by atoms with van der Waals surface area (Å²) in [6.07, 6.45) is 0. The molecule has 0 saturated heterocycles. The van der Waals surface area contributed by atoms with E-state index in [1.54, 1.807) is 0 Å². The topological polar surface area (TPSA) is 50.4 Å². The maximum absolute atomic E-state index is 5.83. The number of benzene rings is 1. The number of para-hydroxylation sites is 1. The van der Waals surface area contributed by atoms with E-state index in [1.165, 1.54) is 0 Å². The highest BCUT2D eigenvalue weighted by Gasteiger charge is 2.23. The van der Waals surface area contributed by atoms with Crippen LogP contribution < -0.4 is 11.1 Å². The Hall–Kier alpha value is -1.51. The van der Waals surface area contributed by atoms with Crippen molar-refractivity contribution >= 4 is 11.5 Å². The van der Waals surface area contributed by atoms with E-state index in [0.29, 0.717) is 5.84 Å². The summed E-state index contributed by atoms with van der Waals surface area (Å²) in [5.74, 6) is 0.611. The van der Waals surface area contributed by atoms with E-state index < -0.39 is 0 Å². The number of amidine groups is 1. The molecule has 2 rings (SSSR count). The van der Waals surface area contributed by atoms with Crippen LogP contribution in [0.25, 0.3) is 0 Å². The Morgan fingerprint density at radius 1 is 1.31 bits per heavy atom.